The molecule has 0 heterocycles. The molecule has 2 aromatic carbocycles. The minimum absolute atomic E-state index is 0.698. The van der Waals surface area contributed by atoms with Gasteiger partial charge in [0.05, 0.1) is 0 Å². The molecule has 0 saturated heterocycles. The standard InChI is InChI=1S/C16H17ClN2S/c1-12-3-9-15(10-4-12)18-16(20)19(2)11-13-5-7-14(17)8-6-13/h3-10H,11H2,1-2H3,(H,18,20). The van der Waals surface area contributed by atoms with E-state index < -0.39 is 0 Å². The van der Waals surface area contributed by atoms with Crippen LogP contribution in [0.5, 0.6) is 0 Å². The van der Waals surface area contributed by atoms with Gasteiger partial charge in [0.15, 0.2) is 5.11 Å². The highest BCUT2D eigenvalue weighted by Crippen LogP contribution is 2.13. The number of halogens is 1. The van der Waals surface area contributed by atoms with Crippen molar-refractivity contribution in [3.8, 4) is 0 Å². The molecule has 0 unspecified atom stereocenters. The van der Waals surface area contributed by atoms with Crippen LogP contribution in [0.25, 0.3) is 0 Å². The van der Waals surface area contributed by atoms with Gasteiger partial charge in [-0.05, 0) is 49.0 Å². The Morgan fingerprint density at radius 1 is 1.10 bits per heavy atom. The van der Waals surface area contributed by atoms with Gasteiger partial charge in [-0.2, -0.15) is 0 Å². The van der Waals surface area contributed by atoms with Crippen LogP contribution in [0.2, 0.25) is 5.02 Å². The molecule has 104 valence electrons. The van der Waals surface area contributed by atoms with E-state index >= 15 is 0 Å². The van der Waals surface area contributed by atoms with Crippen LogP contribution >= 0.6 is 23.8 Å². The quantitative estimate of drug-likeness (QED) is 0.842. The van der Waals surface area contributed by atoms with Crippen molar-refractivity contribution in [3.05, 3.63) is 64.7 Å². The summed E-state index contributed by atoms with van der Waals surface area (Å²) in [7, 11) is 1.97. The van der Waals surface area contributed by atoms with E-state index in [4.69, 9.17) is 23.8 Å². The fraction of sp³-hybridized carbons (Fsp3) is 0.188. The lowest BCUT2D eigenvalue weighted by atomic mass is 10.2. The second-order valence-electron chi connectivity index (χ2n) is 4.78. The maximum absolute atomic E-state index is 5.88. The number of thiocarbonyl (C=S) groups is 1. The predicted octanol–water partition coefficient (Wildman–Crippen LogP) is 4.48. The average Bonchev–Trinajstić information content (AvgIpc) is 2.44. The minimum atomic E-state index is 0.698. The van der Waals surface area contributed by atoms with Crippen molar-refractivity contribution in [2.45, 2.75) is 13.5 Å². The third-order valence-electron chi connectivity index (χ3n) is 2.98. The Balaban J connectivity index is 1.94. The van der Waals surface area contributed by atoms with Gasteiger partial charge in [-0.3, -0.25) is 0 Å². The van der Waals surface area contributed by atoms with Gasteiger partial charge in [0, 0.05) is 24.3 Å². The second-order valence-corrected chi connectivity index (χ2v) is 5.60. The maximum atomic E-state index is 5.88. The van der Waals surface area contributed by atoms with Crippen molar-refractivity contribution >= 4 is 34.6 Å². The lowest BCUT2D eigenvalue weighted by Crippen LogP contribution is -2.30. The first-order valence-electron chi connectivity index (χ1n) is 6.38. The smallest absolute Gasteiger partial charge is 0.173 e. The van der Waals surface area contributed by atoms with Crippen molar-refractivity contribution in [1.29, 1.82) is 0 Å². The molecule has 0 amide bonds. The molecular formula is C16H17ClN2S. The molecule has 2 nitrogen and oxygen atoms in total. The fourth-order valence-electron chi connectivity index (χ4n) is 1.79. The Hall–Kier alpha value is -1.58. The van der Waals surface area contributed by atoms with E-state index in [2.05, 4.69) is 24.4 Å². The molecule has 0 aliphatic heterocycles. The third kappa shape index (κ3) is 4.22. The molecule has 0 aromatic heterocycles. The SMILES string of the molecule is Cc1ccc(NC(=S)N(C)Cc2ccc(Cl)cc2)cc1. The van der Waals surface area contributed by atoms with E-state index in [9.17, 15) is 0 Å². The molecule has 1 N–H and O–H groups in total. The summed E-state index contributed by atoms with van der Waals surface area (Å²) in [5.41, 5.74) is 3.41. The van der Waals surface area contributed by atoms with Crippen molar-refractivity contribution in [3.63, 3.8) is 0 Å². The molecule has 0 aliphatic rings. The molecule has 20 heavy (non-hydrogen) atoms. The van der Waals surface area contributed by atoms with E-state index in [-0.39, 0.29) is 0 Å². The zero-order chi connectivity index (χ0) is 14.5. The van der Waals surface area contributed by atoms with Gasteiger partial charge >= 0.3 is 0 Å². The van der Waals surface area contributed by atoms with Crippen molar-refractivity contribution < 1.29 is 0 Å². The number of benzene rings is 2. The number of aryl methyl sites for hydroxylation is 1. The highest BCUT2D eigenvalue weighted by atomic mass is 35.5. The Labute approximate surface area is 130 Å². The van der Waals surface area contributed by atoms with E-state index in [1.165, 1.54) is 11.1 Å². The molecule has 2 rings (SSSR count). The van der Waals surface area contributed by atoms with Gasteiger partial charge < -0.3 is 10.2 Å². The van der Waals surface area contributed by atoms with Gasteiger partial charge in [-0.1, -0.05) is 41.4 Å². The van der Waals surface area contributed by atoms with E-state index in [1.54, 1.807) is 0 Å². The summed E-state index contributed by atoms with van der Waals surface area (Å²) in [6.45, 7) is 2.81. The largest absolute Gasteiger partial charge is 0.348 e. The summed E-state index contributed by atoms with van der Waals surface area (Å²) in [6.07, 6.45) is 0. The lowest BCUT2D eigenvalue weighted by molar-refractivity contribution is 0.508. The van der Waals surface area contributed by atoms with Crippen LogP contribution in [0.1, 0.15) is 11.1 Å². The zero-order valence-electron chi connectivity index (χ0n) is 11.6. The third-order valence-corrected chi connectivity index (χ3v) is 3.65. The first-order chi connectivity index (χ1) is 9.54. The molecule has 0 radical (unpaired) electrons. The Morgan fingerprint density at radius 2 is 1.70 bits per heavy atom. The molecule has 0 aliphatic carbocycles. The van der Waals surface area contributed by atoms with Gasteiger partial charge in [0.25, 0.3) is 0 Å². The summed E-state index contributed by atoms with van der Waals surface area (Å²) < 4.78 is 0. The second kappa shape index (κ2) is 6.73. The summed E-state index contributed by atoms with van der Waals surface area (Å²) >= 11 is 11.3. The topological polar surface area (TPSA) is 15.3 Å². The van der Waals surface area contributed by atoms with Crippen LogP contribution in [0.4, 0.5) is 5.69 Å². The Kier molecular flexibility index (Phi) is 4.99. The predicted molar refractivity (Wildman–Crippen MR) is 90.3 cm³/mol. The molecule has 2 aromatic rings. The molecule has 0 saturated carbocycles. The molecule has 0 bridgehead atoms. The van der Waals surface area contributed by atoms with E-state index in [0.29, 0.717) is 5.11 Å². The number of hydrogen-bond acceptors (Lipinski definition) is 1. The van der Waals surface area contributed by atoms with Crippen LogP contribution in [0.3, 0.4) is 0 Å². The first kappa shape index (κ1) is 14.8. The van der Waals surface area contributed by atoms with Crippen molar-refractivity contribution in [2.24, 2.45) is 0 Å². The number of rotatable bonds is 3. The van der Waals surface area contributed by atoms with E-state index in [0.717, 1.165) is 17.3 Å². The van der Waals surface area contributed by atoms with Crippen LogP contribution in [0.15, 0.2) is 48.5 Å². The average molecular weight is 305 g/mol. The number of nitrogens with one attached hydrogen (secondary N) is 1. The van der Waals surface area contributed by atoms with Crippen LogP contribution in [-0.4, -0.2) is 17.1 Å². The Morgan fingerprint density at radius 3 is 2.30 bits per heavy atom. The summed E-state index contributed by atoms with van der Waals surface area (Å²) in [4.78, 5) is 2.00. The van der Waals surface area contributed by atoms with Gasteiger partial charge in [0.1, 0.15) is 0 Å². The van der Waals surface area contributed by atoms with Crippen molar-refractivity contribution in [2.75, 3.05) is 12.4 Å². The lowest BCUT2D eigenvalue weighted by Gasteiger charge is -2.21. The summed E-state index contributed by atoms with van der Waals surface area (Å²) in [6, 6.07) is 16.0. The number of hydrogen-bond donors (Lipinski definition) is 1. The molecule has 0 fully saturated rings. The summed E-state index contributed by atoms with van der Waals surface area (Å²) in [5.74, 6) is 0. The van der Waals surface area contributed by atoms with Gasteiger partial charge in [-0.25, -0.2) is 0 Å². The van der Waals surface area contributed by atoms with Gasteiger partial charge in [-0.15, -0.1) is 0 Å². The van der Waals surface area contributed by atoms with Crippen LogP contribution in [0, 0.1) is 6.92 Å². The van der Waals surface area contributed by atoms with Crippen LogP contribution in [-0.2, 0) is 6.54 Å². The highest BCUT2D eigenvalue weighted by molar-refractivity contribution is 7.80. The number of anilines is 1. The minimum Gasteiger partial charge on any atom is -0.348 e. The van der Waals surface area contributed by atoms with E-state index in [1.807, 2.05) is 48.3 Å². The monoisotopic (exact) mass is 304 g/mol. The Bertz CT molecular complexity index is 578. The fourth-order valence-corrected chi connectivity index (χ4v) is 2.10. The van der Waals surface area contributed by atoms with Crippen molar-refractivity contribution in [1.82, 2.24) is 4.90 Å². The molecule has 0 spiro atoms. The number of nitrogens with zero attached hydrogens (tertiary/aromatic N) is 1. The molecule has 4 heteroatoms. The highest BCUT2D eigenvalue weighted by Gasteiger charge is 2.05. The van der Waals surface area contributed by atoms with Crippen LogP contribution < -0.4 is 5.32 Å². The van der Waals surface area contributed by atoms with Gasteiger partial charge in [0.2, 0.25) is 0 Å². The zero-order valence-corrected chi connectivity index (χ0v) is 13.1. The summed E-state index contributed by atoms with van der Waals surface area (Å²) in [5, 5.41) is 4.68. The maximum Gasteiger partial charge on any atom is 0.173 e. The first-order valence-corrected chi connectivity index (χ1v) is 7.16. The molecular weight excluding hydrogens is 288 g/mol. The molecule has 0 atom stereocenters. The normalized spacial score (nSPS) is 10.2.